The van der Waals surface area contributed by atoms with E-state index in [-0.39, 0.29) is 0 Å². The lowest BCUT2D eigenvalue weighted by molar-refractivity contribution is 0.324. The van der Waals surface area contributed by atoms with Crippen molar-refractivity contribution in [2.75, 3.05) is 20.3 Å². The third-order valence-corrected chi connectivity index (χ3v) is 3.32. The molecule has 1 aromatic carbocycles. The van der Waals surface area contributed by atoms with E-state index in [1.165, 1.54) is 5.56 Å². The van der Waals surface area contributed by atoms with E-state index in [2.05, 4.69) is 54.4 Å². The van der Waals surface area contributed by atoms with E-state index in [4.69, 9.17) is 9.47 Å². The maximum Gasteiger partial charge on any atom is 0.174 e. The predicted octanol–water partition coefficient (Wildman–Crippen LogP) is 3.61. The van der Waals surface area contributed by atoms with Crippen LogP contribution in [0, 0.1) is 9.49 Å². The number of rotatable bonds is 8. The van der Waals surface area contributed by atoms with Crippen molar-refractivity contribution in [3.05, 3.63) is 33.9 Å². The van der Waals surface area contributed by atoms with Crippen LogP contribution < -0.4 is 14.8 Å². The molecule has 0 saturated carbocycles. The molecule has 0 atom stereocenters. The lowest BCUT2D eigenvalue weighted by atomic mass is 10.2. The van der Waals surface area contributed by atoms with Gasteiger partial charge in [-0.15, -0.1) is 0 Å². The third-order valence-electron chi connectivity index (χ3n) is 2.52. The van der Waals surface area contributed by atoms with Crippen LogP contribution in [0.2, 0.25) is 0 Å². The van der Waals surface area contributed by atoms with Crippen molar-refractivity contribution in [3.8, 4) is 11.5 Å². The lowest BCUT2D eigenvalue weighted by Gasteiger charge is -2.14. The fourth-order valence-corrected chi connectivity index (χ4v) is 2.48. The van der Waals surface area contributed by atoms with Gasteiger partial charge in [0.1, 0.15) is 6.61 Å². The largest absolute Gasteiger partial charge is 0.493 e. The predicted molar refractivity (Wildman–Crippen MR) is 87.9 cm³/mol. The summed E-state index contributed by atoms with van der Waals surface area (Å²) in [7, 11) is 1.66. The first-order valence-corrected chi connectivity index (χ1v) is 7.47. The van der Waals surface area contributed by atoms with Crippen LogP contribution in [0.3, 0.4) is 0 Å². The molecule has 0 aromatic heterocycles. The Hall–Kier alpha value is -0.750. The Balaban J connectivity index is 2.80. The van der Waals surface area contributed by atoms with Gasteiger partial charge in [-0.1, -0.05) is 26.5 Å². The average Bonchev–Trinajstić information content (AvgIpc) is 2.36. The summed E-state index contributed by atoms with van der Waals surface area (Å²) in [6, 6.07) is 4.14. The van der Waals surface area contributed by atoms with Gasteiger partial charge in [0.2, 0.25) is 0 Å². The van der Waals surface area contributed by atoms with E-state index in [9.17, 15) is 0 Å². The van der Waals surface area contributed by atoms with Crippen LogP contribution in [0.25, 0.3) is 0 Å². The third kappa shape index (κ3) is 5.40. The first-order chi connectivity index (χ1) is 9.08. The number of nitrogens with one attached hydrogen (secondary N) is 1. The second-order valence-corrected chi connectivity index (χ2v) is 5.90. The number of ether oxygens (including phenoxy) is 2. The summed E-state index contributed by atoms with van der Waals surface area (Å²) in [5.74, 6) is 2.21. The molecule has 0 amide bonds. The van der Waals surface area contributed by atoms with Crippen LogP contribution in [0.5, 0.6) is 11.5 Å². The highest BCUT2D eigenvalue weighted by Gasteiger charge is 2.11. The number of hydrogen-bond acceptors (Lipinski definition) is 3. The van der Waals surface area contributed by atoms with Gasteiger partial charge in [0.25, 0.3) is 0 Å². The Bertz CT molecular complexity index is 419. The van der Waals surface area contributed by atoms with Crippen LogP contribution in [0.4, 0.5) is 0 Å². The second-order valence-electron chi connectivity index (χ2n) is 4.73. The van der Waals surface area contributed by atoms with Crippen molar-refractivity contribution in [2.45, 2.75) is 20.4 Å². The molecule has 0 radical (unpaired) electrons. The van der Waals surface area contributed by atoms with Crippen molar-refractivity contribution in [1.29, 1.82) is 0 Å². The Labute approximate surface area is 129 Å². The quantitative estimate of drug-likeness (QED) is 0.556. The minimum absolute atomic E-state index is 0.483. The summed E-state index contributed by atoms with van der Waals surface area (Å²) in [5, 5.41) is 3.43. The van der Waals surface area contributed by atoms with Gasteiger partial charge in [-0.25, -0.2) is 0 Å². The summed E-state index contributed by atoms with van der Waals surface area (Å²) in [4.78, 5) is 0. The second kappa shape index (κ2) is 8.43. The Morgan fingerprint density at radius 2 is 2.16 bits per heavy atom. The molecule has 0 saturated heterocycles. The molecule has 4 heteroatoms. The Morgan fingerprint density at radius 3 is 2.74 bits per heavy atom. The zero-order valence-electron chi connectivity index (χ0n) is 11.8. The maximum atomic E-state index is 5.63. The highest BCUT2D eigenvalue weighted by molar-refractivity contribution is 14.1. The van der Waals surface area contributed by atoms with E-state index < -0.39 is 0 Å². The Kier molecular flexibility index (Phi) is 7.23. The van der Waals surface area contributed by atoms with Crippen LogP contribution in [-0.2, 0) is 6.54 Å². The van der Waals surface area contributed by atoms with Gasteiger partial charge in [-0.05, 0) is 52.7 Å². The van der Waals surface area contributed by atoms with E-state index in [0.717, 1.165) is 28.2 Å². The molecule has 3 nitrogen and oxygen atoms in total. The summed E-state index contributed by atoms with van der Waals surface area (Å²) >= 11 is 2.27. The zero-order chi connectivity index (χ0) is 14.3. The molecule has 1 rings (SSSR count). The summed E-state index contributed by atoms with van der Waals surface area (Å²) < 4.78 is 12.1. The molecule has 0 aliphatic heterocycles. The fraction of sp³-hybridized carbons (Fsp3) is 0.467. The standard InChI is InChI=1S/C15H22INO2/c1-5-6-19-15-13(16)7-12(8-14(15)18-4)10-17-9-11(2)3/h5,7-8,11,17H,1,6,9-10H2,2-4H3. The molecule has 1 N–H and O–H groups in total. The lowest BCUT2D eigenvalue weighted by Crippen LogP contribution is -2.19. The van der Waals surface area contributed by atoms with Gasteiger partial charge in [-0.3, -0.25) is 0 Å². The van der Waals surface area contributed by atoms with Gasteiger partial charge in [0, 0.05) is 6.54 Å². The highest BCUT2D eigenvalue weighted by atomic mass is 127. The molecule has 0 aliphatic carbocycles. The Morgan fingerprint density at radius 1 is 1.42 bits per heavy atom. The van der Waals surface area contributed by atoms with Crippen molar-refractivity contribution < 1.29 is 9.47 Å². The van der Waals surface area contributed by atoms with E-state index >= 15 is 0 Å². The maximum absolute atomic E-state index is 5.63. The van der Waals surface area contributed by atoms with Gasteiger partial charge < -0.3 is 14.8 Å². The van der Waals surface area contributed by atoms with E-state index in [1.807, 2.05) is 6.07 Å². The van der Waals surface area contributed by atoms with Crippen LogP contribution in [-0.4, -0.2) is 20.3 Å². The van der Waals surface area contributed by atoms with E-state index in [1.54, 1.807) is 13.2 Å². The van der Waals surface area contributed by atoms with E-state index in [0.29, 0.717) is 12.5 Å². The number of hydrogen-bond donors (Lipinski definition) is 1. The molecule has 0 bridgehead atoms. The van der Waals surface area contributed by atoms with Crippen molar-refractivity contribution in [1.82, 2.24) is 5.32 Å². The highest BCUT2D eigenvalue weighted by Crippen LogP contribution is 2.33. The molecule has 106 valence electrons. The summed E-state index contributed by atoms with van der Waals surface area (Å²) in [5.41, 5.74) is 1.20. The van der Waals surface area contributed by atoms with Crippen LogP contribution in [0.1, 0.15) is 19.4 Å². The van der Waals surface area contributed by atoms with Crippen molar-refractivity contribution >= 4 is 22.6 Å². The zero-order valence-corrected chi connectivity index (χ0v) is 14.0. The van der Waals surface area contributed by atoms with Crippen LogP contribution >= 0.6 is 22.6 Å². The molecule has 0 heterocycles. The number of benzene rings is 1. The molecule has 0 fully saturated rings. The molecule has 0 spiro atoms. The molecular weight excluding hydrogens is 353 g/mol. The van der Waals surface area contributed by atoms with Gasteiger partial charge in [0.15, 0.2) is 11.5 Å². The van der Waals surface area contributed by atoms with Crippen LogP contribution in [0.15, 0.2) is 24.8 Å². The average molecular weight is 375 g/mol. The molecular formula is C15H22INO2. The summed E-state index contributed by atoms with van der Waals surface area (Å²) in [6.07, 6.45) is 1.73. The minimum Gasteiger partial charge on any atom is -0.493 e. The number of halogens is 1. The minimum atomic E-state index is 0.483. The molecule has 1 aromatic rings. The molecule has 19 heavy (non-hydrogen) atoms. The first-order valence-electron chi connectivity index (χ1n) is 6.39. The van der Waals surface area contributed by atoms with Gasteiger partial charge in [-0.2, -0.15) is 0 Å². The fourth-order valence-electron chi connectivity index (χ4n) is 1.66. The van der Waals surface area contributed by atoms with Crippen molar-refractivity contribution in [3.63, 3.8) is 0 Å². The first kappa shape index (κ1) is 16.3. The van der Waals surface area contributed by atoms with Gasteiger partial charge >= 0.3 is 0 Å². The number of methoxy groups -OCH3 is 1. The monoisotopic (exact) mass is 375 g/mol. The summed E-state index contributed by atoms with van der Waals surface area (Å²) in [6.45, 7) is 10.4. The van der Waals surface area contributed by atoms with Crippen molar-refractivity contribution in [2.24, 2.45) is 5.92 Å². The smallest absolute Gasteiger partial charge is 0.174 e. The normalized spacial score (nSPS) is 10.6. The molecule has 0 unspecified atom stereocenters. The van der Waals surface area contributed by atoms with Gasteiger partial charge in [0.05, 0.1) is 10.7 Å². The molecule has 0 aliphatic rings. The topological polar surface area (TPSA) is 30.5 Å². The SMILES string of the molecule is C=CCOc1c(I)cc(CNCC(C)C)cc1OC.